The Kier molecular flexibility index (Phi) is 47.3. The number of hydrogen-bond donors (Lipinski definition) is 0. The highest BCUT2D eigenvalue weighted by Gasteiger charge is 2.19. The Morgan fingerprint density at radius 1 is 0.323 bits per heavy atom. The van der Waals surface area contributed by atoms with Gasteiger partial charge in [0.05, 0.1) is 0 Å². The van der Waals surface area contributed by atoms with E-state index in [0.29, 0.717) is 12.8 Å². The minimum Gasteiger partial charge on any atom is -0.462 e. The summed E-state index contributed by atoms with van der Waals surface area (Å²) in [5.74, 6) is -1.14. The van der Waals surface area contributed by atoms with Gasteiger partial charge in [0.15, 0.2) is 6.10 Å². The van der Waals surface area contributed by atoms with E-state index in [0.717, 1.165) is 89.9 Å². The van der Waals surface area contributed by atoms with Gasteiger partial charge in [0.2, 0.25) is 0 Å². The van der Waals surface area contributed by atoms with Crippen LogP contribution < -0.4 is 0 Å². The summed E-state index contributed by atoms with van der Waals surface area (Å²) in [7, 11) is 0. The van der Waals surface area contributed by atoms with Crippen LogP contribution in [0.15, 0.2) is 170 Å². The fraction of sp³-hybridized carbons (Fsp3) is 0.475. The molecule has 0 aromatic carbocycles. The number of carbonyl (C=O) groups excluding carboxylic acids is 3. The molecule has 0 rings (SSSR count). The number of carbonyl (C=O) groups is 3. The Hall–Kier alpha value is -5.23. The van der Waals surface area contributed by atoms with Gasteiger partial charge in [0.25, 0.3) is 0 Å². The van der Waals surface area contributed by atoms with Crippen LogP contribution in [0, 0.1) is 0 Å². The molecule has 0 amide bonds. The van der Waals surface area contributed by atoms with Crippen molar-refractivity contribution < 1.29 is 28.6 Å². The Morgan fingerprint density at radius 2 is 0.677 bits per heavy atom. The normalized spacial score (nSPS) is 13.6. The SMILES string of the molecule is CC/C=C/C=C/C=C/C=C/C=C/CCCC(=O)OCC(COC(=O)CC/C=C/C/C=C/C/C=C/C/C=C/C/C=C/C/C=C/CC)OC(=O)CCCCCCCCC/C=C/C=C/C=C/CC. The van der Waals surface area contributed by atoms with Crippen molar-refractivity contribution in [2.45, 2.75) is 168 Å². The predicted octanol–water partition coefficient (Wildman–Crippen LogP) is 16.4. The Labute approximate surface area is 396 Å². The quantitative estimate of drug-likeness (QED) is 0.0200. The highest BCUT2D eigenvalue weighted by molar-refractivity contribution is 5.71. The maximum atomic E-state index is 12.8. The Balaban J connectivity index is 4.65. The van der Waals surface area contributed by atoms with Crippen LogP contribution in [0.2, 0.25) is 0 Å². The van der Waals surface area contributed by atoms with Gasteiger partial charge in [0, 0.05) is 19.3 Å². The standard InChI is InChI=1S/C59H86O6/c1-4-7-10-13-16-19-22-25-27-28-29-30-32-34-37-40-43-46-49-52-58(61)64-55-56(54-63-57(60)51-48-45-42-39-36-33-24-21-18-15-12-9-6-3)65-59(62)53-50-47-44-41-38-35-31-26-23-20-17-14-11-8-5-2/h7-12,14-21,23-25,27,29-30,33-34,36-37,39,42-43,46,56H,4-6,13,22,26,28,31-32,35,38,40-41,44-45,47-55H2,1-3H3/b10-7+,11-8+,12-9+,17-14+,18-15+,19-16+,23-20+,24-21+,27-25+,30-29+,36-33+,37-34+,42-39+,46-43+. The van der Waals surface area contributed by atoms with Gasteiger partial charge in [-0.3, -0.25) is 14.4 Å². The molecule has 0 aromatic rings. The van der Waals surface area contributed by atoms with Gasteiger partial charge in [0.1, 0.15) is 13.2 Å². The van der Waals surface area contributed by atoms with E-state index in [1.54, 1.807) is 0 Å². The van der Waals surface area contributed by atoms with Crippen molar-refractivity contribution >= 4 is 17.9 Å². The average molecular weight is 891 g/mol. The van der Waals surface area contributed by atoms with Crippen LogP contribution >= 0.6 is 0 Å². The third-order valence-corrected chi connectivity index (χ3v) is 9.40. The Morgan fingerprint density at radius 3 is 1.15 bits per heavy atom. The van der Waals surface area contributed by atoms with E-state index >= 15 is 0 Å². The molecule has 0 heterocycles. The van der Waals surface area contributed by atoms with E-state index in [9.17, 15) is 14.4 Å². The lowest BCUT2D eigenvalue weighted by molar-refractivity contribution is -0.166. The molecule has 6 heteroatoms. The van der Waals surface area contributed by atoms with Gasteiger partial charge in [-0.25, -0.2) is 0 Å². The van der Waals surface area contributed by atoms with Gasteiger partial charge < -0.3 is 14.2 Å². The largest absolute Gasteiger partial charge is 0.462 e. The lowest BCUT2D eigenvalue weighted by atomic mass is 10.1. The van der Waals surface area contributed by atoms with Crippen LogP contribution in [-0.2, 0) is 28.6 Å². The first-order chi connectivity index (χ1) is 32.0. The maximum absolute atomic E-state index is 12.8. The second-order valence-corrected chi connectivity index (χ2v) is 15.4. The van der Waals surface area contributed by atoms with Crippen molar-refractivity contribution in [1.82, 2.24) is 0 Å². The number of allylic oxidation sites excluding steroid dienone is 28. The van der Waals surface area contributed by atoms with E-state index in [4.69, 9.17) is 14.2 Å². The molecule has 65 heavy (non-hydrogen) atoms. The molecular weight excluding hydrogens is 805 g/mol. The first kappa shape index (κ1) is 59.8. The van der Waals surface area contributed by atoms with Gasteiger partial charge in [-0.05, 0) is 89.9 Å². The lowest BCUT2D eigenvalue weighted by Crippen LogP contribution is -2.30. The van der Waals surface area contributed by atoms with Gasteiger partial charge in [-0.15, -0.1) is 0 Å². The first-order valence-corrected chi connectivity index (χ1v) is 24.7. The van der Waals surface area contributed by atoms with E-state index in [1.165, 1.54) is 19.3 Å². The minimum atomic E-state index is -0.853. The monoisotopic (exact) mass is 891 g/mol. The van der Waals surface area contributed by atoms with E-state index in [1.807, 2.05) is 66.8 Å². The zero-order chi connectivity index (χ0) is 47.2. The van der Waals surface area contributed by atoms with Crippen LogP contribution in [0.5, 0.6) is 0 Å². The summed E-state index contributed by atoms with van der Waals surface area (Å²) in [5, 5.41) is 0. The molecule has 6 nitrogen and oxygen atoms in total. The molecule has 0 saturated heterocycles. The van der Waals surface area contributed by atoms with Crippen LogP contribution in [-0.4, -0.2) is 37.2 Å². The summed E-state index contributed by atoms with van der Waals surface area (Å²) in [4.78, 5) is 37.9. The lowest BCUT2D eigenvalue weighted by Gasteiger charge is -2.18. The Bertz CT molecular complexity index is 1590. The van der Waals surface area contributed by atoms with E-state index in [-0.39, 0.29) is 50.4 Å². The predicted molar refractivity (Wildman–Crippen MR) is 278 cm³/mol. The number of hydrogen-bond acceptors (Lipinski definition) is 6. The summed E-state index contributed by atoms with van der Waals surface area (Å²) in [5.41, 5.74) is 0. The molecular formula is C59H86O6. The summed E-state index contributed by atoms with van der Waals surface area (Å²) < 4.78 is 16.6. The van der Waals surface area contributed by atoms with Gasteiger partial charge in [-0.1, -0.05) is 223 Å². The van der Waals surface area contributed by atoms with Crippen molar-refractivity contribution in [1.29, 1.82) is 0 Å². The summed E-state index contributed by atoms with van der Waals surface area (Å²) in [6.07, 6.45) is 76.4. The highest BCUT2D eigenvalue weighted by atomic mass is 16.6. The molecule has 0 aromatic heterocycles. The number of unbranched alkanes of at least 4 members (excludes halogenated alkanes) is 8. The number of ether oxygens (including phenoxy) is 3. The molecule has 0 fully saturated rings. The van der Waals surface area contributed by atoms with Crippen molar-refractivity contribution in [3.63, 3.8) is 0 Å². The molecule has 0 radical (unpaired) electrons. The molecule has 0 aliphatic rings. The van der Waals surface area contributed by atoms with Crippen molar-refractivity contribution in [2.24, 2.45) is 0 Å². The van der Waals surface area contributed by atoms with Crippen molar-refractivity contribution in [2.75, 3.05) is 13.2 Å². The highest BCUT2D eigenvalue weighted by Crippen LogP contribution is 2.12. The third kappa shape index (κ3) is 49.6. The zero-order valence-electron chi connectivity index (χ0n) is 40.7. The van der Waals surface area contributed by atoms with E-state index in [2.05, 4.69) is 124 Å². The van der Waals surface area contributed by atoms with Crippen molar-refractivity contribution in [3.8, 4) is 0 Å². The van der Waals surface area contributed by atoms with Gasteiger partial charge in [-0.2, -0.15) is 0 Å². The van der Waals surface area contributed by atoms with Crippen LogP contribution in [0.1, 0.15) is 162 Å². The fourth-order valence-corrected chi connectivity index (χ4v) is 5.79. The molecule has 0 bridgehead atoms. The summed E-state index contributed by atoms with van der Waals surface area (Å²) in [6.45, 7) is 6.07. The maximum Gasteiger partial charge on any atom is 0.306 e. The van der Waals surface area contributed by atoms with Crippen LogP contribution in [0.4, 0.5) is 0 Å². The van der Waals surface area contributed by atoms with Crippen LogP contribution in [0.3, 0.4) is 0 Å². The molecule has 0 spiro atoms. The average Bonchev–Trinajstić information content (AvgIpc) is 3.30. The first-order valence-electron chi connectivity index (χ1n) is 24.7. The van der Waals surface area contributed by atoms with Crippen molar-refractivity contribution in [3.05, 3.63) is 170 Å². The smallest absolute Gasteiger partial charge is 0.306 e. The van der Waals surface area contributed by atoms with E-state index < -0.39 is 6.10 Å². The fourth-order valence-electron chi connectivity index (χ4n) is 5.79. The minimum absolute atomic E-state index is 0.153. The second-order valence-electron chi connectivity index (χ2n) is 15.4. The van der Waals surface area contributed by atoms with Gasteiger partial charge >= 0.3 is 17.9 Å². The third-order valence-electron chi connectivity index (χ3n) is 9.40. The number of rotatable bonds is 41. The molecule has 1 atom stereocenters. The molecule has 358 valence electrons. The molecule has 0 aliphatic carbocycles. The molecule has 1 unspecified atom stereocenters. The molecule has 0 N–H and O–H groups in total. The summed E-state index contributed by atoms with van der Waals surface area (Å²) >= 11 is 0. The summed E-state index contributed by atoms with van der Waals surface area (Å²) in [6, 6.07) is 0. The molecule has 0 aliphatic heterocycles. The van der Waals surface area contributed by atoms with Crippen LogP contribution in [0.25, 0.3) is 0 Å². The molecule has 0 saturated carbocycles. The topological polar surface area (TPSA) is 78.9 Å². The second kappa shape index (κ2) is 51.4. The zero-order valence-corrected chi connectivity index (χ0v) is 40.7. The number of esters is 3.